The third kappa shape index (κ3) is 7.42. The molecule has 0 aliphatic heterocycles. The lowest BCUT2D eigenvalue weighted by Gasteiger charge is -2.16. The van der Waals surface area contributed by atoms with Gasteiger partial charge >= 0.3 is 6.18 Å². The number of hydrogen-bond acceptors (Lipinski definition) is 2. The van der Waals surface area contributed by atoms with E-state index in [9.17, 15) is 17.6 Å². The molecule has 1 rings (SSSR count). The van der Waals surface area contributed by atoms with Crippen LogP contribution in [0.4, 0.5) is 17.6 Å². The molecule has 0 amide bonds. The lowest BCUT2D eigenvalue weighted by atomic mass is 10.1. The highest BCUT2D eigenvalue weighted by Gasteiger charge is 2.26. The van der Waals surface area contributed by atoms with Gasteiger partial charge in [-0.15, -0.1) is 11.8 Å². The maximum absolute atomic E-state index is 13.0. The molecule has 1 nitrogen and oxygen atoms in total. The molecule has 0 heterocycles. The molecular weight excluding hydrogens is 278 g/mol. The van der Waals surface area contributed by atoms with E-state index < -0.39 is 12.6 Å². The fourth-order valence-electron chi connectivity index (χ4n) is 1.61. The highest BCUT2D eigenvalue weighted by atomic mass is 32.2. The molecule has 0 spiro atoms. The Kier molecular flexibility index (Phi) is 6.65. The van der Waals surface area contributed by atoms with E-state index >= 15 is 0 Å². The zero-order chi connectivity index (χ0) is 14.3. The number of thioether (sulfide) groups is 1. The zero-order valence-electron chi connectivity index (χ0n) is 10.6. The van der Waals surface area contributed by atoms with Crippen LogP contribution in [0.5, 0.6) is 0 Å². The number of alkyl halides is 3. The summed E-state index contributed by atoms with van der Waals surface area (Å²) >= 11 is 1.44. The first-order valence-corrected chi connectivity index (χ1v) is 7.01. The SMILES string of the molecule is CNC(CCCC(F)(F)F)CSc1cccc(F)c1. The van der Waals surface area contributed by atoms with Crippen molar-refractivity contribution >= 4 is 11.8 Å². The molecule has 1 atom stereocenters. The summed E-state index contributed by atoms with van der Waals surface area (Å²) < 4.78 is 49.1. The Bertz CT molecular complexity index is 381. The van der Waals surface area contributed by atoms with Crippen molar-refractivity contribution in [3.05, 3.63) is 30.1 Å². The van der Waals surface area contributed by atoms with Gasteiger partial charge in [0.2, 0.25) is 0 Å². The number of benzene rings is 1. The fraction of sp³-hybridized carbons (Fsp3) is 0.538. The Balaban J connectivity index is 2.32. The minimum absolute atomic E-state index is 0.00406. The highest BCUT2D eigenvalue weighted by molar-refractivity contribution is 7.99. The maximum Gasteiger partial charge on any atom is 0.389 e. The third-order valence-corrected chi connectivity index (χ3v) is 3.82. The molecular formula is C13H17F4NS. The molecule has 1 aromatic rings. The molecule has 0 bridgehead atoms. The van der Waals surface area contributed by atoms with Crippen LogP contribution < -0.4 is 5.32 Å². The summed E-state index contributed by atoms with van der Waals surface area (Å²) in [7, 11) is 1.73. The predicted octanol–water partition coefficient (Wildman–Crippen LogP) is 4.24. The second kappa shape index (κ2) is 7.75. The van der Waals surface area contributed by atoms with E-state index in [0.29, 0.717) is 12.2 Å². The van der Waals surface area contributed by atoms with Gasteiger partial charge in [0.05, 0.1) is 0 Å². The topological polar surface area (TPSA) is 12.0 Å². The lowest BCUT2D eigenvalue weighted by Crippen LogP contribution is -2.28. The summed E-state index contributed by atoms with van der Waals surface area (Å²) in [6.45, 7) is 0. The van der Waals surface area contributed by atoms with Crippen LogP contribution in [0.25, 0.3) is 0 Å². The first kappa shape index (κ1) is 16.3. The van der Waals surface area contributed by atoms with E-state index in [4.69, 9.17) is 0 Å². The van der Waals surface area contributed by atoms with Gasteiger partial charge in [0.1, 0.15) is 5.82 Å². The van der Waals surface area contributed by atoms with Crippen LogP contribution in [-0.2, 0) is 0 Å². The van der Waals surface area contributed by atoms with Crippen molar-refractivity contribution in [2.24, 2.45) is 0 Å². The van der Waals surface area contributed by atoms with Crippen LogP contribution in [0, 0.1) is 5.82 Å². The maximum atomic E-state index is 13.0. The van der Waals surface area contributed by atoms with E-state index in [1.165, 1.54) is 23.9 Å². The fourth-order valence-corrected chi connectivity index (χ4v) is 2.71. The summed E-state index contributed by atoms with van der Waals surface area (Å²) in [5, 5.41) is 2.99. The minimum atomic E-state index is -4.09. The quantitative estimate of drug-likeness (QED) is 0.596. The highest BCUT2D eigenvalue weighted by Crippen LogP contribution is 2.24. The van der Waals surface area contributed by atoms with Crippen molar-refractivity contribution in [1.82, 2.24) is 5.32 Å². The van der Waals surface area contributed by atoms with Gasteiger partial charge in [0.15, 0.2) is 0 Å². The Labute approximate surface area is 114 Å². The van der Waals surface area contributed by atoms with Gasteiger partial charge in [-0.1, -0.05) is 6.07 Å². The molecule has 0 saturated carbocycles. The summed E-state index contributed by atoms with van der Waals surface area (Å²) in [4.78, 5) is 0.788. The normalized spacial score (nSPS) is 13.5. The molecule has 0 aromatic heterocycles. The molecule has 1 aromatic carbocycles. The van der Waals surface area contributed by atoms with Gasteiger partial charge in [-0.2, -0.15) is 13.2 Å². The van der Waals surface area contributed by atoms with Gasteiger partial charge in [0, 0.05) is 23.1 Å². The zero-order valence-corrected chi connectivity index (χ0v) is 11.5. The Morgan fingerprint density at radius 2 is 2.05 bits per heavy atom. The van der Waals surface area contributed by atoms with E-state index in [1.54, 1.807) is 19.2 Å². The summed E-state index contributed by atoms with van der Waals surface area (Å²) in [5.41, 5.74) is 0. The molecule has 0 aliphatic rings. The Morgan fingerprint density at radius 1 is 1.32 bits per heavy atom. The van der Waals surface area contributed by atoms with Crippen LogP contribution in [0.3, 0.4) is 0 Å². The van der Waals surface area contributed by atoms with Crippen LogP contribution in [-0.4, -0.2) is 25.0 Å². The average Bonchev–Trinajstić information content (AvgIpc) is 2.32. The summed E-state index contributed by atoms with van der Waals surface area (Å²) in [6.07, 6.45) is -4.28. The number of rotatable bonds is 7. The number of nitrogens with one attached hydrogen (secondary N) is 1. The van der Waals surface area contributed by atoms with Gasteiger partial charge in [-0.3, -0.25) is 0 Å². The van der Waals surface area contributed by atoms with Crippen molar-refractivity contribution in [2.45, 2.75) is 36.4 Å². The first-order valence-electron chi connectivity index (χ1n) is 6.03. The first-order chi connectivity index (χ1) is 8.90. The largest absolute Gasteiger partial charge is 0.389 e. The smallest absolute Gasteiger partial charge is 0.316 e. The molecule has 0 aliphatic carbocycles. The standard InChI is InChI=1S/C13H17F4NS/c1-18-11(5-3-7-13(15,16)17)9-19-12-6-2-4-10(14)8-12/h2,4,6,8,11,18H,3,5,7,9H2,1H3. The molecule has 0 fully saturated rings. The lowest BCUT2D eigenvalue weighted by molar-refractivity contribution is -0.135. The monoisotopic (exact) mass is 295 g/mol. The molecule has 1 unspecified atom stereocenters. The van der Waals surface area contributed by atoms with Crippen molar-refractivity contribution in [3.63, 3.8) is 0 Å². The molecule has 19 heavy (non-hydrogen) atoms. The average molecular weight is 295 g/mol. The van der Waals surface area contributed by atoms with E-state index in [-0.39, 0.29) is 18.3 Å². The second-order valence-corrected chi connectivity index (χ2v) is 5.35. The summed E-state index contributed by atoms with van der Waals surface area (Å²) in [6, 6.07) is 6.19. The Hall–Kier alpha value is -0.750. The van der Waals surface area contributed by atoms with Gasteiger partial charge in [-0.05, 0) is 38.1 Å². The van der Waals surface area contributed by atoms with E-state index in [0.717, 1.165) is 4.90 Å². The van der Waals surface area contributed by atoms with Gasteiger partial charge < -0.3 is 5.32 Å². The van der Waals surface area contributed by atoms with E-state index in [1.807, 2.05) is 0 Å². The van der Waals surface area contributed by atoms with Crippen LogP contribution in [0.1, 0.15) is 19.3 Å². The van der Waals surface area contributed by atoms with Crippen LogP contribution >= 0.6 is 11.8 Å². The van der Waals surface area contributed by atoms with E-state index in [2.05, 4.69) is 5.32 Å². The van der Waals surface area contributed by atoms with Gasteiger partial charge in [0.25, 0.3) is 0 Å². The van der Waals surface area contributed by atoms with Gasteiger partial charge in [-0.25, -0.2) is 4.39 Å². The third-order valence-electron chi connectivity index (χ3n) is 2.67. The van der Waals surface area contributed by atoms with Crippen molar-refractivity contribution < 1.29 is 17.6 Å². The molecule has 6 heteroatoms. The molecule has 108 valence electrons. The minimum Gasteiger partial charge on any atom is -0.316 e. The number of halogens is 4. The van der Waals surface area contributed by atoms with Crippen LogP contribution in [0.2, 0.25) is 0 Å². The Morgan fingerprint density at radius 3 is 2.63 bits per heavy atom. The van der Waals surface area contributed by atoms with Crippen molar-refractivity contribution in [1.29, 1.82) is 0 Å². The molecule has 1 N–H and O–H groups in total. The summed E-state index contributed by atoms with van der Waals surface area (Å²) in [5.74, 6) is 0.320. The molecule has 0 saturated heterocycles. The second-order valence-electron chi connectivity index (χ2n) is 4.26. The van der Waals surface area contributed by atoms with Crippen LogP contribution in [0.15, 0.2) is 29.2 Å². The van der Waals surface area contributed by atoms with Crippen molar-refractivity contribution in [3.8, 4) is 0 Å². The predicted molar refractivity (Wildman–Crippen MR) is 69.9 cm³/mol. The van der Waals surface area contributed by atoms with Crippen molar-refractivity contribution in [2.75, 3.05) is 12.8 Å². The molecule has 0 radical (unpaired) electrons. The number of hydrogen-bond donors (Lipinski definition) is 1.